The van der Waals surface area contributed by atoms with Crippen molar-refractivity contribution in [3.05, 3.63) is 35.5 Å². The predicted octanol–water partition coefficient (Wildman–Crippen LogP) is 3.61. The van der Waals surface area contributed by atoms with Gasteiger partial charge in [-0.15, -0.1) is 0 Å². The minimum atomic E-state index is -0.521. The van der Waals surface area contributed by atoms with Crippen LogP contribution in [0.15, 0.2) is 18.5 Å². The molecule has 1 saturated carbocycles. The Morgan fingerprint density at radius 2 is 2.03 bits per heavy atom. The van der Waals surface area contributed by atoms with E-state index in [9.17, 15) is 14.0 Å². The van der Waals surface area contributed by atoms with Crippen LogP contribution in [0.25, 0.3) is 22.3 Å². The van der Waals surface area contributed by atoms with Crippen LogP contribution in [-0.2, 0) is 4.79 Å². The quantitative estimate of drug-likeness (QED) is 0.494. The maximum atomic E-state index is 14.5. The molecule has 1 aliphatic carbocycles. The number of likely N-dealkylation sites (tertiary alicyclic amines) is 1. The van der Waals surface area contributed by atoms with E-state index in [0.717, 1.165) is 12.8 Å². The number of hydrogen-bond acceptors (Lipinski definition) is 6. The second kappa shape index (κ2) is 9.75. The lowest BCUT2D eigenvalue weighted by Crippen LogP contribution is -2.38. The SMILES string of the molecule is CCC(=O)N1CC[C@@H](NC(=O)c2c(C)[nH]c3c(-c4cc(OC)c(F)cc4OCC4CC4)ncnc23)C1. The molecule has 5 rings (SSSR count). The number of aromatic amines is 1. The minimum Gasteiger partial charge on any atom is -0.494 e. The smallest absolute Gasteiger partial charge is 0.255 e. The second-order valence-corrected chi connectivity index (χ2v) is 9.46. The standard InChI is InChI=1S/C26H30FN5O4/c1-4-21(33)32-8-7-16(11-32)31-26(34)22-14(2)30-25-23(28-13-29-24(22)25)17-9-20(35-3)18(27)10-19(17)36-12-15-5-6-15/h9-10,13,15-16,30H,4-8,11-12H2,1-3H3,(H,31,34)/t16-/m1/s1. The first-order chi connectivity index (χ1) is 17.4. The molecule has 1 aliphatic heterocycles. The first-order valence-corrected chi connectivity index (χ1v) is 12.3. The zero-order chi connectivity index (χ0) is 25.4. The molecule has 0 unspecified atom stereocenters. The van der Waals surface area contributed by atoms with Crippen LogP contribution in [0.2, 0.25) is 0 Å². The number of ether oxygens (including phenoxy) is 2. The van der Waals surface area contributed by atoms with Crippen molar-refractivity contribution >= 4 is 22.8 Å². The van der Waals surface area contributed by atoms with E-state index in [0.29, 0.717) is 77.8 Å². The third-order valence-electron chi connectivity index (χ3n) is 6.86. The first-order valence-electron chi connectivity index (χ1n) is 12.3. The third kappa shape index (κ3) is 4.59. The van der Waals surface area contributed by atoms with Crippen molar-refractivity contribution in [3.63, 3.8) is 0 Å². The molecule has 0 spiro atoms. The topological polar surface area (TPSA) is 109 Å². The van der Waals surface area contributed by atoms with E-state index in [1.54, 1.807) is 17.9 Å². The number of nitrogens with zero attached hydrogens (tertiary/aromatic N) is 3. The number of carbonyl (C=O) groups excluding carboxylic acids is 2. The van der Waals surface area contributed by atoms with Crippen molar-refractivity contribution in [2.75, 3.05) is 26.8 Å². The number of carbonyl (C=O) groups is 2. The van der Waals surface area contributed by atoms with Crippen LogP contribution in [0.3, 0.4) is 0 Å². The van der Waals surface area contributed by atoms with Gasteiger partial charge in [0, 0.05) is 42.9 Å². The molecule has 1 aromatic carbocycles. The summed E-state index contributed by atoms with van der Waals surface area (Å²) in [5.41, 5.74) is 3.12. The molecule has 36 heavy (non-hydrogen) atoms. The highest BCUT2D eigenvalue weighted by atomic mass is 19.1. The molecule has 190 valence electrons. The van der Waals surface area contributed by atoms with Gasteiger partial charge in [-0.2, -0.15) is 0 Å². The zero-order valence-electron chi connectivity index (χ0n) is 20.7. The van der Waals surface area contributed by atoms with Gasteiger partial charge in [0.15, 0.2) is 11.6 Å². The fourth-order valence-electron chi connectivity index (χ4n) is 4.68. The molecule has 2 amide bonds. The second-order valence-electron chi connectivity index (χ2n) is 9.46. The van der Waals surface area contributed by atoms with Crippen molar-refractivity contribution in [2.24, 2.45) is 5.92 Å². The van der Waals surface area contributed by atoms with Gasteiger partial charge in [0.25, 0.3) is 5.91 Å². The number of rotatable bonds is 8. The van der Waals surface area contributed by atoms with Crippen LogP contribution in [0, 0.1) is 18.7 Å². The fourth-order valence-corrected chi connectivity index (χ4v) is 4.68. The van der Waals surface area contributed by atoms with E-state index in [-0.39, 0.29) is 23.6 Å². The van der Waals surface area contributed by atoms with Crippen molar-refractivity contribution in [3.8, 4) is 22.8 Å². The number of nitrogens with one attached hydrogen (secondary N) is 2. The van der Waals surface area contributed by atoms with E-state index >= 15 is 0 Å². The molecule has 2 aromatic heterocycles. The Labute approximate surface area is 208 Å². The molecule has 0 radical (unpaired) electrons. The van der Waals surface area contributed by atoms with Crippen molar-refractivity contribution in [2.45, 2.75) is 45.6 Å². The van der Waals surface area contributed by atoms with E-state index in [2.05, 4.69) is 20.3 Å². The number of aryl methyl sites for hydroxylation is 1. The Morgan fingerprint density at radius 3 is 2.75 bits per heavy atom. The molecule has 2 N–H and O–H groups in total. The van der Waals surface area contributed by atoms with Crippen LogP contribution in [-0.4, -0.2) is 64.5 Å². The molecular weight excluding hydrogens is 465 g/mol. The van der Waals surface area contributed by atoms with E-state index in [1.807, 2.05) is 6.92 Å². The van der Waals surface area contributed by atoms with Crippen LogP contribution in [0.4, 0.5) is 4.39 Å². The predicted molar refractivity (Wildman–Crippen MR) is 132 cm³/mol. The lowest BCUT2D eigenvalue weighted by atomic mass is 10.1. The summed E-state index contributed by atoms with van der Waals surface area (Å²) in [4.78, 5) is 39.2. The summed E-state index contributed by atoms with van der Waals surface area (Å²) < 4.78 is 25.7. The summed E-state index contributed by atoms with van der Waals surface area (Å²) in [6.45, 7) is 5.27. The fraction of sp³-hybridized carbons (Fsp3) is 0.462. The Kier molecular flexibility index (Phi) is 6.51. The van der Waals surface area contributed by atoms with Gasteiger partial charge in [-0.1, -0.05) is 6.92 Å². The van der Waals surface area contributed by atoms with Gasteiger partial charge >= 0.3 is 0 Å². The number of H-pyrrole nitrogens is 1. The number of methoxy groups -OCH3 is 1. The summed E-state index contributed by atoms with van der Waals surface area (Å²) in [5.74, 6) is 0.222. The number of amides is 2. The Balaban J connectivity index is 1.48. The van der Waals surface area contributed by atoms with Gasteiger partial charge in [-0.05, 0) is 38.2 Å². The first kappa shape index (κ1) is 24.0. The number of aromatic nitrogens is 3. The Bertz CT molecular complexity index is 1320. The van der Waals surface area contributed by atoms with E-state index in [1.165, 1.54) is 19.5 Å². The van der Waals surface area contributed by atoms with Gasteiger partial charge in [0.2, 0.25) is 5.91 Å². The molecule has 2 fully saturated rings. The molecule has 3 heterocycles. The number of halogens is 1. The maximum absolute atomic E-state index is 14.5. The van der Waals surface area contributed by atoms with Crippen LogP contribution in [0.1, 0.15) is 48.7 Å². The highest BCUT2D eigenvalue weighted by molar-refractivity contribution is 6.09. The Hall–Kier alpha value is -3.69. The number of fused-ring (bicyclic) bond motifs is 1. The minimum absolute atomic E-state index is 0.0733. The highest BCUT2D eigenvalue weighted by Gasteiger charge is 2.29. The molecule has 9 nitrogen and oxygen atoms in total. The maximum Gasteiger partial charge on any atom is 0.255 e. The molecule has 10 heteroatoms. The summed E-state index contributed by atoms with van der Waals surface area (Å²) in [6.07, 6.45) is 4.74. The third-order valence-corrected chi connectivity index (χ3v) is 6.86. The molecule has 0 bridgehead atoms. The monoisotopic (exact) mass is 495 g/mol. The average Bonchev–Trinajstić information content (AvgIpc) is 3.48. The molecule has 1 saturated heterocycles. The number of hydrogen-bond donors (Lipinski definition) is 2. The van der Waals surface area contributed by atoms with Crippen molar-refractivity contribution < 1.29 is 23.5 Å². The van der Waals surface area contributed by atoms with Gasteiger partial charge in [-0.25, -0.2) is 14.4 Å². The summed E-state index contributed by atoms with van der Waals surface area (Å²) in [5, 5.41) is 3.05. The van der Waals surface area contributed by atoms with Crippen LogP contribution >= 0.6 is 0 Å². The van der Waals surface area contributed by atoms with Crippen LogP contribution in [0.5, 0.6) is 11.5 Å². The lowest BCUT2D eigenvalue weighted by Gasteiger charge is -2.16. The number of benzene rings is 1. The summed E-state index contributed by atoms with van der Waals surface area (Å²) >= 11 is 0. The molecule has 2 aliphatic rings. The lowest BCUT2D eigenvalue weighted by molar-refractivity contribution is -0.129. The van der Waals surface area contributed by atoms with Crippen molar-refractivity contribution in [1.82, 2.24) is 25.2 Å². The average molecular weight is 496 g/mol. The van der Waals surface area contributed by atoms with Gasteiger partial charge in [0.05, 0.1) is 24.8 Å². The van der Waals surface area contributed by atoms with Crippen molar-refractivity contribution in [1.29, 1.82) is 0 Å². The van der Waals surface area contributed by atoms with E-state index < -0.39 is 5.82 Å². The summed E-state index contributed by atoms with van der Waals surface area (Å²) in [7, 11) is 1.40. The normalized spacial score (nSPS) is 17.4. The molecule has 1 atom stereocenters. The Morgan fingerprint density at radius 1 is 1.22 bits per heavy atom. The van der Waals surface area contributed by atoms with Gasteiger partial charge in [0.1, 0.15) is 23.3 Å². The van der Waals surface area contributed by atoms with Gasteiger partial charge in [-0.3, -0.25) is 9.59 Å². The van der Waals surface area contributed by atoms with Gasteiger partial charge < -0.3 is 24.7 Å². The van der Waals surface area contributed by atoms with E-state index in [4.69, 9.17) is 9.47 Å². The molecule has 3 aromatic rings. The largest absolute Gasteiger partial charge is 0.494 e. The van der Waals surface area contributed by atoms with Crippen LogP contribution < -0.4 is 14.8 Å². The highest BCUT2D eigenvalue weighted by Crippen LogP contribution is 2.39. The zero-order valence-corrected chi connectivity index (χ0v) is 20.7. The summed E-state index contributed by atoms with van der Waals surface area (Å²) in [6, 6.07) is 2.76. The molecular formula is C26H30FN5O4.